The van der Waals surface area contributed by atoms with Crippen LogP contribution in [0.1, 0.15) is 43.7 Å². The van der Waals surface area contributed by atoms with Crippen molar-refractivity contribution in [2.75, 3.05) is 32.4 Å². The van der Waals surface area contributed by atoms with Gasteiger partial charge in [-0.2, -0.15) is 0 Å². The van der Waals surface area contributed by atoms with Crippen molar-refractivity contribution in [2.45, 2.75) is 49.9 Å². The Hall–Kier alpha value is -0.440. The molecule has 28 heavy (non-hydrogen) atoms. The Morgan fingerprint density at radius 1 is 1.29 bits per heavy atom. The number of piperazine rings is 1. The lowest BCUT2D eigenvalue weighted by atomic mass is 9.78. The summed E-state index contributed by atoms with van der Waals surface area (Å²) in [4.78, 5) is 2.27. The number of halogens is 3. The largest absolute Gasteiger partial charge is 0.314 e. The van der Waals surface area contributed by atoms with E-state index in [1.54, 1.807) is 6.07 Å². The van der Waals surface area contributed by atoms with Crippen LogP contribution in [-0.4, -0.2) is 57.5 Å². The number of hydrogen-bond donors (Lipinski definition) is 2. The number of benzene rings is 1. The minimum Gasteiger partial charge on any atom is -0.314 e. The first-order chi connectivity index (χ1) is 13.2. The summed E-state index contributed by atoms with van der Waals surface area (Å²) >= 11 is 12.7. The highest BCUT2D eigenvalue weighted by molar-refractivity contribution is 7.88. The summed E-state index contributed by atoms with van der Waals surface area (Å²) in [6.07, 6.45) is 3.15. The van der Waals surface area contributed by atoms with Crippen molar-refractivity contribution in [1.29, 1.82) is 0 Å². The topological polar surface area (TPSA) is 61.4 Å². The van der Waals surface area contributed by atoms with Gasteiger partial charge < -0.3 is 5.32 Å². The van der Waals surface area contributed by atoms with Gasteiger partial charge in [-0.15, -0.1) is 0 Å². The molecule has 0 spiro atoms. The molecule has 5 nitrogen and oxygen atoms in total. The third-order valence-corrected chi connectivity index (χ3v) is 7.35. The molecule has 1 saturated heterocycles. The van der Waals surface area contributed by atoms with Gasteiger partial charge in [0, 0.05) is 44.7 Å². The molecule has 1 aliphatic carbocycles. The van der Waals surface area contributed by atoms with Crippen LogP contribution in [0.25, 0.3) is 0 Å². The molecule has 1 aromatic carbocycles. The Balaban J connectivity index is 1.77. The first kappa shape index (κ1) is 22.2. The number of rotatable bonds is 6. The Kier molecular flexibility index (Phi) is 7.27. The molecule has 1 heterocycles. The lowest BCUT2D eigenvalue weighted by Crippen LogP contribution is -2.48. The van der Waals surface area contributed by atoms with Crippen molar-refractivity contribution in [3.8, 4) is 0 Å². The number of sulfonamides is 1. The fraction of sp³-hybridized carbons (Fsp3) is 0.684. The highest BCUT2D eigenvalue weighted by atomic mass is 35.5. The molecule has 158 valence electrons. The van der Waals surface area contributed by atoms with Crippen LogP contribution >= 0.6 is 23.2 Å². The van der Waals surface area contributed by atoms with Crippen molar-refractivity contribution in [2.24, 2.45) is 0 Å². The van der Waals surface area contributed by atoms with Crippen molar-refractivity contribution < 1.29 is 12.8 Å². The van der Waals surface area contributed by atoms with E-state index < -0.39 is 15.7 Å². The van der Waals surface area contributed by atoms with Gasteiger partial charge in [0.2, 0.25) is 10.0 Å². The summed E-state index contributed by atoms with van der Waals surface area (Å²) in [6, 6.07) is 5.19. The molecule has 1 aromatic rings. The van der Waals surface area contributed by atoms with E-state index in [0.29, 0.717) is 42.1 Å². The summed E-state index contributed by atoms with van der Waals surface area (Å²) in [5, 5.41) is 4.30. The van der Waals surface area contributed by atoms with E-state index in [2.05, 4.69) is 14.9 Å². The predicted octanol–water partition coefficient (Wildman–Crippen LogP) is 3.53. The van der Waals surface area contributed by atoms with Crippen LogP contribution < -0.4 is 10.0 Å². The third-order valence-electron chi connectivity index (χ3n) is 5.75. The Labute approximate surface area is 177 Å². The molecule has 1 atom stereocenters. The minimum absolute atomic E-state index is 0.155. The molecule has 3 rings (SSSR count). The van der Waals surface area contributed by atoms with E-state index in [1.807, 2.05) is 12.1 Å². The molecule has 2 aliphatic rings. The van der Waals surface area contributed by atoms with E-state index >= 15 is 4.39 Å². The van der Waals surface area contributed by atoms with Crippen molar-refractivity contribution in [3.63, 3.8) is 0 Å². The molecule has 1 unspecified atom stereocenters. The summed E-state index contributed by atoms with van der Waals surface area (Å²) in [5.74, 6) is 0. The van der Waals surface area contributed by atoms with Crippen molar-refractivity contribution in [1.82, 2.24) is 14.9 Å². The molecule has 2 N–H and O–H groups in total. The fourth-order valence-corrected chi connectivity index (χ4v) is 5.59. The molecule has 1 aliphatic heterocycles. The minimum atomic E-state index is -3.27. The zero-order chi connectivity index (χ0) is 20.4. The average Bonchev–Trinajstić information content (AvgIpc) is 2.64. The van der Waals surface area contributed by atoms with Crippen molar-refractivity contribution in [3.05, 3.63) is 33.8 Å². The average molecular weight is 452 g/mol. The van der Waals surface area contributed by atoms with E-state index in [0.717, 1.165) is 38.0 Å². The lowest BCUT2D eigenvalue weighted by molar-refractivity contribution is 0.0405. The highest BCUT2D eigenvalue weighted by Crippen LogP contribution is 2.43. The van der Waals surface area contributed by atoms with Gasteiger partial charge >= 0.3 is 0 Å². The SMILES string of the molecule is CS(=O)(=O)NC1CCC(F)(CC(c2cccc(Cl)c2Cl)N2CCNCC2)CC1. The molecular formula is C19H28Cl2FN3O2S. The number of hydrogen-bond acceptors (Lipinski definition) is 4. The second kappa shape index (κ2) is 9.14. The van der Waals surface area contributed by atoms with Gasteiger partial charge in [0.05, 0.1) is 16.3 Å². The van der Waals surface area contributed by atoms with E-state index in [1.165, 1.54) is 0 Å². The van der Waals surface area contributed by atoms with Crippen LogP contribution in [0.3, 0.4) is 0 Å². The van der Waals surface area contributed by atoms with E-state index in [9.17, 15) is 8.42 Å². The molecule has 0 aromatic heterocycles. The lowest BCUT2D eigenvalue weighted by Gasteiger charge is -2.41. The van der Waals surface area contributed by atoms with Gasteiger partial charge in [-0.3, -0.25) is 4.90 Å². The summed E-state index contributed by atoms with van der Waals surface area (Å²) in [6.45, 7) is 3.35. The zero-order valence-electron chi connectivity index (χ0n) is 16.1. The number of nitrogens with one attached hydrogen (secondary N) is 2. The van der Waals surface area contributed by atoms with Gasteiger partial charge in [-0.25, -0.2) is 17.5 Å². The maximum absolute atomic E-state index is 15.8. The first-order valence-electron chi connectivity index (χ1n) is 9.72. The van der Waals surface area contributed by atoms with E-state index in [4.69, 9.17) is 23.2 Å². The normalized spacial score (nSPS) is 28.2. The smallest absolute Gasteiger partial charge is 0.208 e. The molecule has 0 amide bonds. The van der Waals surface area contributed by atoms with Gasteiger partial charge in [0.15, 0.2) is 0 Å². The molecule has 0 bridgehead atoms. The van der Waals surface area contributed by atoms with Crippen molar-refractivity contribution >= 4 is 33.2 Å². The molecule has 2 fully saturated rings. The standard InChI is InChI=1S/C19H28Cl2FN3O2S/c1-28(26,27)24-14-5-7-19(22,8-6-14)13-17(25-11-9-23-10-12-25)15-3-2-4-16(20)18(15)21/h2-4,14,17,23-24H,5-13H2,1H3. The third kappa shape index (κ3) is 5.80. The number of alkyl halides is 1. The Bertz CT molecular complexity index is 779. The summed E-state index contributed by atoms with van der Waals surface area (Å²) in [7, 11) is -3.27. The molecule has 9 heteroatoms. The molecule has 1 saturated carbocycles. The highest BCUT2D eigenvalue weighted by Gasteiger charge is 2.40. The van der Waals surface area contributed by atoms with Gasteiger partial charge in [0.25, 0.3) is 0 Å². The Morgan fingerprint density at radius 3 is 2.54 bits per heavy atom. The Morgan fingerprint density at radius 2 is 1.93 bits per heavy atom. The number of nitrogens with zero attached hydrogens (tertiary/aromatic N) is 1. The molecule has 0 radical (unpaired) electrons. The molecular weight excluding hydrogens is 424 g/mol. The van der Waals surface area contributed by atoms with Gasteiger partial charge in [0.1, 0.15) is 5.67 Å². The van der Waals surface area contributed by atoms with E-state index in [-0.39, 0.29) is 12.1 Å². The predicted molar refractivity (Wildman–Crippen MR) is 112 cm³/mol. The quantitative estimate of drug-likeness (QED) is 0.694. The van der Waals surface area contributed by atoms with Crippen LogP contribution in [0.2, 0.25) is 10.0 Å². The monoisotopic (exact) mass is 451 g/mol. The first-order valence-corrected chi connectivity index (χ1v) is 12.4. The van der Waals surface area contributed by atoms with Crippen LogP contribution in [0, 0.1) is 0 Å². The summed E-state index contributed by atoms with van der Waals surface area (Å²) < 4.78 is 41.3. The van der Waals surface area contributed by atoms with Crippen LogP contribution in [-0.2, 0) is 10.0 Å². The summed E-state index contributed by atoms with van der Waals surface area (Å²) in [5.41, 5.74) is -0.485. The second-order valence-electron chi connectivity index (χ2n) is 7.96. The van der Waals surface area contributed by atoms with Crippen LogP contribution in [0.5, 0.6) is 0 Å². The maximum atomic E-state index is 15.8. The zero-order valence-corrected chi connectivity index (χ0v) is 18.4. The fourth-order valence-electron chi connectivity index (χ4n) is 4.31. The van der Waals surface area contributed by atoms with Crippen LogP contribution in [0.4, 0.5) is 4.39 Å². The van der Waals surface area contributed by atoms with Gasteiger partial charge in [-0.05, 0) is 37.3 Å². The van der Waals surface area contributed by atoms with Crippen LogP contribution in [0.15, 0.2) is 18.2 Å². The maximum Gasteiger partial charge on any atom is 0.208 e. The second-order valence-corrected chi connectivity index (χ2v) is 10.5. The van der Waals surface area contributed by atoms with Gasteiger partial charge in [-0.1, -0.05) is 35.3 Å².